The van der Waals surface area contributed by atoms with Crippen LogP contribution in [0.3, 0.4) is 0 Å². The van der Waals surface area contributed by atoms with Crippen molar-refractivity contribution < 1.29 is 27.8 Å². The maximum absolute atomic E-state index is 6.00. The van der Waals surface area contributed by atoms with E-state index in [9.17, 15) is 0 Å². The molecule has 0 saturated carbocycles. The molecular formula is C14H30O6Si. The van der Waals surface area contributed by atoms with Gasteiger partial charge >= 0.3 is 8.56 Å². The van der Waals surface area contributed by atoms with E-state index in [1.54, 1.807) is 14.2 Å². The van der Waals surface area contributed by atoms with Gasteiger partial charge < -0.3 is 23.1 Å². The summed E-state index contributed by atoms with van der Waals surface area (Å²) in [5, 5.41) is 0. The van der Waals surface area contributed by atoms with Crippen LogP contribution in [-0.4, -0.2) is 53.5 Å². The first-order valence-corrected chi connectivity index (χ1v) is 9.99. The third kappa shape index (κ3) is 4.72. The Morgan fingerprint density at radius 2 is 1.90 bits per heavy atom. The Kier molecular flexibility index (Phi) is 7.25. The van der Waals surface area contributed by atoms with E-state index in [0.29, 0.717) is 19.4 Å². The van der Waals surface area contributed by atoms with Crippen LogP contribution in [0.5, 0.6) is 0 Å². The Balaban J connectivity index is 2.66. The van der Waals surface area contributed by atoms with Gasteiger partial charge in [0.15, 0.2) is 6.29 Å². The van der Waals surface area contributed by atoms with Gasteiger partial charge in [-0.1, -0.05) is 13.8 Å². The van der Waals surface area contributed by atoms with Crippen LogP contribution in [0, 0.1) is 0 Å². The second-order valence-corrected chi connectivity index (χ2v) is 9.10. The van der Waals surface area contributed by atoms with Crippen molar-refractivity contribution in [2.24, 2.45) is 0 Å². The summed E-state index contributed by atoms with van der Waals surface area (Å²) < 4.78 is 34.4. The van der Waals surface area contributed by atoms with Crippen LogP contribution in [0.25, 0.3) is 0 Å². The third-order valence-corrected chi connectivity index (χ3v) is 7.14. The lowest BCUT2D eigenvalue weighted by Crippen LogP contribution is -2.51. The molecule has 1 saturated heterocycles. The zero-order valence-electron chi connectivity index (χ0n) is 14.3. The van der Waals surface area contributed by atoms with Crippen LogP contribution in [0.1, 0.15) is 40.5 Å². The van der Waals surface area contributed by atoms with Crippen LogP contribution < -0.4 is 0 Å². The molecule has 0 aliphatic carbocycles. The smallest absolute Gasteiger partial charge is 0.364 e. The summed E-state index contributed by atoms with van der Waals surface area (Å²) in [6.07, 6.45) is 0.889. The average Bonchev–Trinajstić information content (AvgIpc) is 2.87. The standard InChI is InChI=1S/C14H30O6Si/c1-8-13(18-12(4)21(7,15-5)16-6)20-14(9-2)17-10-11(3)19-14/h11-13H,8-10H2,1-7H3. The maximum Gasteiger partial charge on any atom is 0.364 e. The van der Waals surface area contributed by atoms with E-state index in [2.05, 4.69) is 0 Å². The summed E-state index contributed by atoms with van der Waals surface area (Å²) in [5.41, 5.74) is -0.176. The van der Waals surface area contributed by atoms with Gasteiger partial charge in [0.1, 0.15) is 5.73 Å². The lowest BCUT2D eigenvalue weighted by molar-refractivity contribution is -0.388. The predicted octanol–water partition coefficient (Wildman–Crippen LogP) is 2.55. The molecule has 6 nitrogen and oxygen atoms in total. The monoisotopic (exact) mass is 322 g/mol. The van der Waals surface area contributed by atoms with Crippen molar-refractivity contribution in [3.63, 3.8) is 0 Å². The fourth-order valence-electron chi connectivity index (χ4n) is 2.12. The van der Waals surface area contributed by atoms with E-state index in [1.165, 1.54) is 0 Å². The van der Waals surface area contributed by atoms with Crippen molar-refractivity contribution in [2.75, 3.05) is 20.8 Å². The minimum absolute atomic E-state index is 0.0254. The van der Waals surface area contributed by atoms with Crippen molar-refractivity contribution >= 4 is 8.56 Å². The molecule has 4 atom stereocenters. The largest absolute Gasteiger partial charge is 0.396 e. The average molecular weight is 322 g/mol. The first kappa shape index (κ1) is 19.0. The second-order valence-electron chi connectivity index (χ2n) is 5.43. The predicted molar refractivity (Wildman–Crippen MR) is 80.9 cm³/mol. The Hall–Kier alpha value is -0.0231. The maximum atomic E-state index is 6.00. The highest BCUT2D eigenvalue weighted by Gasteiger charge is 2.44. The van der Waals surface area contributed by atoms with Crippen LogP contribution in [-0.2, 0) is 27.8 Å². The van der Waals surface area contributed by atoms with Crippen molar-refractivity contribution in [1.82, 2.24) is 0 Å². The quantitative estimate of drug-likeness (QED) is 0.480. The van der Waals surface area contributed by atoms with Crippen LogP contribution in [0.4, 0.5) is 0 Å². The fourth-order valence-corrected chi connectivity index (χ4v) is 3.35. The zero-order valence-corrected chi connectivity index (χ0v) is 15.3. The molecule has 1 rings (SSSR count). The van der Waals surface area contributed by atoms with E-state index in [0.717, 1.165) is 0 Å². The zero-order chi connectivity index (χ0) is 16.1. The third-order valence-electron chi connectivity index (χ3n) is 3.90. The number of hydrogen-bond donors (Lipinski definition) is 0. The highest BCUT2D eigenvalue weighted by molar-refractivity contribution is 6.67. The molecule has 0 amide bonds. The molecule has 126 valence electrons. The summed E-state index contributed by atoms with van der Waals surface area (Å²) >= 11 is 0. The molecule has 1 aliphatic rings. The minimum atomic E-state index is -2.37. The molecule has 0 aromatic carbocycles. The number of rotatable bonds is 9. The minimum Gasteiger partial charge on any atom is -0.396 e. The molecule has 1 heterocycles. The van der Waals surface area contributed by atoms with Crippen molar-refractivity contribution in [2.45, 2.75) is 71.2 Å². The molecule has 4 unspecified atom stereocenters. The topological polar surface area (TPSA) is 55.4 Å². The Morgan fingerprint density at radius 3 is 2.29 bits per heavy atom. The molecule has 7 heteroatoms. The van der Waals surface area contributed by atoms with Gasteiger partial charge in [0.05, 0.1) is 12.7 Å². The van der Waals surface area contributed by atoms with Gasteiger partial charge in [-0.2, -0.15) is 0 Å². The van der Waals surface area contributed by atoms with Gasteiger partial charge in [-0.05, 0) is 26.8 Å². The van der Waals surface area contributed by atoms with Gasteiger partial charge in [-0.15, -0.1) is 0 Å². The van der Waals surface area contributed by atoms with Gasteiger partial charge in [0.25, 0.3) is 5.97 Å². The van der Waals surface area contributed by atoms with Crippen molar-refractivity contribution in [3.8, 4) is 0 Å². The summed E-state index contributed by atoms with van der Waals surface area (Å²) in [6, 6.07) is 0. The van der Waals surface area contributed by atoms with Gasteiger partial charge in [0, 0.05) is 20.6 Å². The molecule has 0 radical (unpaired) electrons. The Bertz CT molecular complexity index is 312. The first-order valence-electron chi connectivity index (χ1n) is 7.60. The SMILES string of the molecule is CCC(OC(C)[Si](C)(OC)OC)OC1(CC)OCC(C)O1. The summed E-state index contributed by atoms with van der Waals surface area (Å²) in [4.78, 5) is 0. The van der Waals surface area contributed by atoms with Gasteiger partial charge in [-0.25, -0.2) is 0 Å². The number of ether oxygens (including phenoxy) is 4. The van der Waals surface area contributed by atoms with E-state index in [-0.39, 0.29) is 11.8 Å². The van der Waals surface area contributed by atoms with Gasteiger partial charge in [0.2, 0.25) is 0 Å². The molecule has 21 heavy (non-hydrogen) atoms. The highest BCUT2D eigenvalue weighted by atomic mass is 28.4. The summed E-state index contributed by atoms with van der Waals surface area (Å²) in [5.74, 6) is -1.00. The van der Waals surface area contributed by atoms with E-state index < -0.39 is 20.8 Å². The molecular weight excluding hydrogens is 292 g/mol. The highest BCUT2D eigenvalue weighted by Crippen LogP contribution is 2.31. The van der Waals surface area contributed by atoms with Crippen molar-refractivity contribution in [3.05, 3.63) is 0 Å². The molecule has 0 bridgehead atoms. The first-order chi connectivity index (χ1) is 9.84. The van der Waals surface area contributed by atoms with E-state index >= 15 is 0 Å². The summed E-state index contributed by atoms with van der Waals surface area (Å²) in [6.45, 7) is 10.4. The Morgan fingerprint density at radius 1 is 1.29 bits per heavy atom. The molecule has 0 aromatic rings. The molecule has 0 N–H and O–H groups in total. The van der Waals surface area contributed by atoms with Crippen LogP contribution in [0.2, 0.25) is 6.55 Å². The molecule has 1 fully saturated rings. The molecule has 0 spiro atoms. The number of hydrogen-bond acceptors (Lipinski definition) is 6. The lowest BCUT2D eigenvalue weighted by Gasteiger charge is -2.35. The van der Waals surface area contributed by atoms with E-state index in [1.807, 2.05) is 34.2 Å². The van der Waals surface area contributed by atoms with Crippen LogP contribution >= 0.6 is 0 Å². The Labute approximate surface area is 129 Å². The normalized spacial score (nSPS) is 29.6. The lowest BCUT2D eigenvalue weighted by atomic mass is 10.4. The van der Waals surface area contributed by atoms with Gasteiger partial charge in [-0.3, -0.25) is 4.74 Å². The molecule has 0 aromatic heterocycles. The van der Waals surface area contributed by atoms with E-state index in [4.69, 9.17) is 27.8 Å². The molecule has 1 aliphatic heterocycles. The fraction of sp³-hybridized carbons (Fsp3) is 1.00. The second kappa shape index (κ2) is 8.01. The van der Waals surface area contributed by atoms with Crippen molar-refractivity contribution in [1.29, 1.82) is 0 Å². The van der Waals surface area contributed by atoms with Crippen LogP contribution in [0.15, 0.2) is 0 Å². The summed E-state index contributed by atoms with van der Waals surface area (Å²) in [7, 11) is 0.930.